The molecule has 1 unspecified atom stereocenters. The van der Waals surface area contributed by atoms with Crippen LogP contribution in [0.15, 0.2) is 6.33 Å². The Balaban J connectivity index is 1.79. The predicted molar refractivity (Wildman–Crippen MR) is 68.1 cm³/mol. The van der Waals surface area contributed by atoms with Gasteiger partial charge in [0.1, 0.15) is 12.2 Å². The third kappa shape index (κ3) is 4.17. The molecule has 1 aromatic rings. The van der Waals surface area contributed by atoms with E-state index in [1.807, 2.05) is 18.5 Å². The molecule has 0 radical (unpaired) electrons. The standard InChI is InChI=1S/C12H20F3N5/c1-9(11-18-16-8-19(11)2)17-10-3-5-20(6-4-10)7-12(13,14)15/h8-10,17H,3-7H2,1-2H3. The van der Waals surface area contributed by atoms with E-state index in [0.717, 1.165) is 18.7 Å². The first-order chi connectivity index (χ1) is 9.35. The van der Waals surface area contributed by atoms with E-state index in [2.05, 4.69) is 15.5 Å². The second-order valence-electron chi connectivity index (χ2n) is 5.35. The number of aromatic nitrogens is 3. The molecule has 1 aromatic heterocycles. The number of alkyl halides is 3. The fourth-order valence-electron chi connectivity index (χ4n) is 2.62. The maximum absolute atomic E-state index is 12.3. The molecule has 2 heterocycles. The van der Waals surface area contributed by atoms with Gasteiger partial charge in [-0.15, -0.1) is 10.2 Å². The van der Waals surface area contributed by atoms with Crippen molar-refractivity contribution in [3.05, 3.63) is 12.2 Å². The zero-order valence-electron chi connectivity index (χ0n) is 11.7. The van der Waals surface area contributed by atoms with E-state index >= 15 is 0 Å². The number of hydrogen-bond acceptors (Lipinski definition) is 4. The quantitative estimate of drug-likeness (QED) is 0.913. The van der Waals surface area contributed by atoms with E-state index in [-0.39, 0.29) is 12.1 Å². The van der Waals surface area contributed by atoms with Crippen LogP contribution in [0.5, 0.6) is 0 Å². The molecule has 0 amide bonds. The Hall–Kier alpha value is -1.15. The third-order valence-electron chi connectivity index (χ3n) is 3.61. The van der Waals surface area contributed by atoms with Gasteiger partial charge in [-0.1, -0.05) is 0 Å². The Labute approximate surface area is 116 Å². The SMILES string of the molecule is CC(NC1CCN(CC(F)(F)F)CC1)c1nncn1C. The van der Waals surface area contributed by atoms with E-state index < -0.39 is 12.7 Å². The Morgan fingerprint density at radius 2 is 2.05 bits per heavy atom. The Morgan fingerprint density at radius 3 is 2.55 bits per heavy atom. The molecule has 1 saturated heterocycles. The van der Waals surface area contributed by atoms with Crippen LogP contribution in [-0.4, -0.2) is 51.5 Å². The second-order valence-corrected chi connectivity index (χ2v) is 5.35. The molecule has 8 heteroatoms. The number of nitrogens with one attached hydrogen (secondary N) is 1. The molecule has 0 bridgehead atoms. The van der Waals surface area contributed by atoms with Crippen molar-refractivity contribution in [1.82, 2.24) is 25.0 Å². The van der Waals surface area contributed by atoms with Gasteiger partial charge in [0.2, 0.25) is 0 Å². The summed E-state index contributed by atoms with van der Waals surface area (Å²) >= 11 is 0. The highest BCUT2D eigenvalue weighted by Crippen LogP contribution is 2.21. The maximum Gasteiger partial charge on any atom is 0.401 e. The molecule has 0 spiro atoms. The number of piperidine rings is 1. The molecule has 1 atom stereocenters. The van der Waals surface area contributed by atoms with Crippen LogP contribution in [0.4, 0.5) is 13.2 Å². The number of hydrogen-bond donors (Lipinski definition) is 1. The summed E-state index contributed by atoms with van der Waals surface area (Å²) in [7, 11) is 1.87. The Bertz CT molecular complexity index is 423. The van der Waals surface area contributed by atoms with Gasteiger partial charge in [0.25, 0.3) is 0 Å². The number of nitrogens with zero attached hydrogens (tertiary/aromatic N) is 4. The minimum Gasteiger partial charge on any atom is -0.319 e. The van der Waals surface area contributed by atoms with Crippen molar-refractivity contribution in [2.45, 2.75) is 38.0 Å². The van der Waals surface area contributed by atoms with Gasteiger partial charge in [-0.25, -0.2) is 0 Å². The van der Waals surface area contributed by atoms with Gasteiger partial charge in [0.15, 0.2) is 0 Å². The lowest BCUT2D eigenvalue weighted by Crippen LogP contribution is -2.46. The van der Waals surface area contributed by atoms with E-state index in [1.165, 1.54) is 4.90 Å². The molecule has 1 N–H and O–H groups in total. The number of likely N-dealkylation sites (tertiary alicyclic amines) is 1. The lowest BCUT2D eigenvalue weighted by molar-refractivity contribution is -0.148. The summed E-state index contributed by atoms with van der Waals surface area (Å²) in [6, 6.07) is 0.271. The van der Waals surface area contributed by atoms with Gasteiger partial charge in [-0.3, -0.25) is 4.90 Å². The topological polar surface area (TPSA) is 46.0 Å². The fourth-order valence-corrected chi connectivity index (χ4v) is 2.62. The average Bonchev–Trinajstić information content (AvgIpc) is 2.76. The normalized spacial score (nSPS) is 20.2. The highest BCUT2D eigenvalue weighted by atomic mass is 19.4. The van der Waals surface area contributed by atoms with Crippen molar-refractivity contribution in [2.24, 2.45) is 7.05 Å². The molecule has 0 aromatic carbocycles. The fraction of sp³-hybridized carbons (Fsp3) is 0.833. The highest BCUT2D eigenvalue weighted by molar-refractivity contribution is 4.94. The smallest absolute Gasteiger partial charge is 0.319 e. The number of aryl methyl sites for hydroxylation is 1. The number of halogens is 3. The van der Waals surface area contributed by atoms with Crippen molar-refractivity contribution in [3.63, 3.8) is 0 Å². The summed E-state index contributed by atoms with van der Waals surface area (Å²) in [5, 5.41) is 11.3. The molecular formula is C12H20F3N5. The van der Waals surface area contributed by atoms with Crippen LogP contribution < -0.4 is 5.32 Å². The van der Waals surface area contributed by atoms with Gasteiger partial charge in [0.05, 0.1) is 12.6 Å². The Kier molecular flexibility index (Phi) is 4.64. The van der Waals surface area contributed by atoms with Crippen LogP contribution in [0, 0.1) is 0 Å². The van der Waals surface area contributed by atoms with Crippen molar-refractivity contribution in [3.8, 4) is 0 Å². The van der Waals surface area contributed by atoms with Crippen molar-refractivity contribution in [2.75, 3.05) is 19.6 Å². The van der Waals surface area contributed by atoms with Crippen molar-refractivity contribution < 1.29 is 13.2 Å². The van der Waals surface area contributed by atoms with Crippen LogP contribution in [0.2, 0.25) is 0 Å². The third-order valence-corrected chi connectivity index (χ3v) is 3.61. The van der Waals surface area contributed by atoms with E-state index in [9.17, 15) is 13.2 Å². The van der Waals surface area contributed by atoms with E-state index in [4.69, 9.17) is 0 Å². The summed E-state index contributed by atoms with van der Waals surface area (Å²) in [4.78, 5) is 1.46. The molecule has 0 aliphatic carbocycles. The minimum atomic E-state index is -4.10. The van der Waals surface area contributed by atoms with E-state index in [1.54, 1.807) is 6.33 Å². The average molecular weight is 291 g/mol. The molecule has 0 saturated carbocycles. The molecule has 20 heavy (non-hydrogen) atoms. The van der Waals surface area contributed by atoms with Crippen molar-refractivity contribution in [1.29, 1.82) is 0 Å². The lowest BCUT2D eigenvalue weighted by Gasteiger charge is -2.34. The summed E-state index contributed by atoms with van der Waals surface area (Å²) in [6.07, 6.45) is -1.03. The van der Waals surface area contributed by atoms with Crippen LogP contribution in [-0.2, 0) is 7.05 Å². The monoisotopic (exact) mass is 291 g/mol. The van der Waals surface area contributed by atoms with Gasteiger partial charge in [-0.05, 0) is 32.9 Å². The largest absolute Gasteiger partial charge is 0.401 e. The Morgan fingerprint density at radius 1 is 1.40 bits per heavy atom. The van der Waals surface area contributed by atoms with Gasteiger partial charge in [0, 0.05) is 13.1 Å². The summed E-state index contributed by atoms with van der Waals surface area (Å²) in [5.74, 6) is 0.836. The second kappa shape index (κ2) is 6.09. The number of rotatable bonds is 4. The van der Waals surface area contributed by atoms with E-state index in [0.29, 0.717) is 13.1 Å². The predicted octanol–water partition coefficient (Wildman–Crippen LogP) is 1.49. The maximum atomic E-state index is 12.3. The highest BCUT2D eigenvalue weighted by Gasteiger charge is 2.32. The van der Waals surface area contributed by atoms with Crippen LogP contribution in [0.3, 0.4) is 0 Å². The lowest BCUT2D eigenvalue weighted by atomic mass is 10.0. The first-order valence-corrected chi connectivity index (χ1v) is 6.74. The molecule has 1 aliphatic rings. The molecule has 2 rings (SSSR count). The molecular weight excluding hydrogens is 271 g/mol. The van der Waals surface area contributed by atoms with Gasteiger partial charge >= 0.3 is 6.18 Å². The molecule has 114 valence electrons. The molecule has 5 nitrogen and oxygen atoms in total. The first kappa shape index (κ1) is 15.2. The summed E-state index contributed by atoms with van der Waals surface area (Å²) in [5.41, 5.74) is 0. The van der Waals surface area contributed by atoms with Crippen LogP contribution in [0.25, 0.3) is 0 Å². The van der Waals surface area contributed by atoms with Gasteiger partial charge in [-0.2, -0.15) is 13.2 Å². The summed E-state index contributed by atoms with van der Waals surface area (Å²) in [6.45, 7) is 2.14. The van der Waals surface area contributed by atoms with Crippen LogP contribution in [0.1, 0.15) is 31.6 Å². The van der Waals surface area contributed by atoms with Crippen LogP contribution >= 0.6 is 0 Å². The molecule has 1 aliphatic heterocycles. The zero-order valence-corrected chi connectivity index (χ0v) is 11.7. The zero-order chi connectivity index (χ0) is 14.8. The minimum absolute atomic E-state index is 0.0432. The van der Waals surface area contributed by atoms with Gasteiger partial charge < -0.3 is 9.88 Å². The molecule has 1 fully saturated rings. The van der Waals surface area contributed by atoms with Crippen molar-refractivity contribution >= 4 is 0 Å². The summed E-state index contributed by atoms with van der Waals surface area (Å²) < 4.78 is 38.8. The first-order valence-electron chi connectivity index (χ1n) is 6.74.